The van der Waals surface area contributed by atoms with Crippen LogP contribution in [0.2, 0.25) is 0 Å². The molecule has 30 heavy (non-hydrogen) atoms. The summed E-state index contributed by atoms with van der Waals surface area (Å²) >= 11 is 0. The summed E-state index contributed by atoms with van der Waals surface area (Å²) in [5.41, 5.74) is 1.12. The molecule has 1 fully saturated rings. The van der Waals surface area contributed by atoms with Gasteiger partial charge in [-0.05, 0) is 49.2 Å². The van der Waals surface area contributed by atoms with Crippen molar-refractivity contribution in [1.82, 2.24) is 4.90 Å². The minimum atomic E-state index is -0.831. The third-order valence-corrected chi connectivity index (χ3v) is 4.72. The number of nitrogens with zero attached hydrogens (tertiary/aromatic N) is 2. The minimum Gasteiger partial charge on any atom is -0.494 e. The number of amides is 4. The van der Waals surface area contributed by atoms with Crippen LogP contribution >= 0.6 is 0 Å². The van der Waals surface area contributed by atoms with Crippen LogP contribution in [0, 0.1) is 5.92 Å². The summed E-state index contributed by atoms with van der Waals surface area (Å²) in [6, 6.07) is 14.6. The van der Waals surface area contributed by atoms with Crippen LogP contribution in [0.5, 0.6) is 5.75 Å². The summed E-state index contributed by atoms with van der Waals surface area (Å²) in [7, 11) is 0. The zero-order valence-electron chi connectivity index (χ0n) is 17.5. The molecule has 2 aromatic carbocycles. The average molecular weight is 409 g/mol. The van der Waals surface area contributed by atoms with E-state index in [1.165, 1.54) is 4.90 Å². The van der Waals surface area contributed by atoms with Crippen molar-refractivity contribution in [3.05, 3.63) is 54.6 Å². The first-order valence-electron chi connectivity index (χ1n) is 10.1. The Morgan fingerprint density at radius 3 is 2.33 bits per heavy atom. The van der Waals surface area contributed by atoms with Crippen LogP contribution in [-0.2, 0) is 9.59 Å². The number of para-hydroxylation sites is 1. The van der Waals surface area contributed by atoms with Crippen LogP contribution in [0.4, 0.5) is 16.2 Å². The SMILES string of the molecule is CCOc1ccc(NC(=O)C[C@@H]2C(=O)N(c3ccccc3)C(=O)N2CC(C)C)cc1. The maximum Gasteiger partial charge on any atom is 0.332 e. The molecule has 4 amide bonds. The molecule has 2 aromatic rings. The topological polar surface area (TPSA) is 79.0 Å². The molecule has 7 heteroatoms. The normalized spacial score (nSPS) is 16.3. The molecule has 0 bridgehead atoms. The second-order valence-corrected chi connectivity index (χ2v) is 7.56. The smallest absolute Gasteiger partial charge is 0.332 e. The highest BCUT2D eigenvalue weighted by atomic mass is 16.5. The van der Waals surface area contributed by atoms with E-state index >= 15 is 0 Å². The van der Waals surface area contributed by atoms with E-state index in [1.807, 2.05) is 26.8 Å². The van der Waals surface area contributed by atoms with E-state index in [1.54, 1.807) is 48.5 Å². The van der Waals surface area contributed by atoms with E-state index in [0.717, 1.165) is 4.90 Å². The average Bonchev–Trinajstić information content (AvgIpc) is 2.94. The van der Waals surface area contributed by atoms with Gasteiger partial charge in [-0.1, -0.05) is 32.0 Å². The number of urea groups is 1. The number of carbonyl (C=O) groups is 3. The van der Waals surface area contributed by atoms with Gasteiger partial charge in [0.05, 0.1) is 18.7 Å². The van der Waals surface area contributed by atoms with Crippen molar-refractivity contribution < 1.29 is 19.1 Å². The lowest BCUT2D eigenvalue weighted by Crippen LogP contribution is -2.40. The molecule has 3 rings (SSSR count). The molecule has 0 spiro atoms. The second-order valence-electron chi connectivity index (χ2n) is 7.56. The largest absolute Gasteiger partial charge is 0.494 e. The van der Waals surface area contributed by atoms with Crippen LogP contribution in [-0.4, -0.2) is 41.9 Å². The van der Waals surface area contributed by atoms with E-state index in [4.69, 9.17) is 4.74 Å². The number of ether oxygens (including phenoxy) is 1. The quantitative estimate of drug-likeness (QED) is 0.671. The van der Waals surface area contributed by atoms with Crippen molar-refractivity contribution in [1.29, 1.82) is 0 Å². The molecule has 1 aliphatic heterocycles. The summed E-state index contributed by atoms with van der Waals surface area (Å²) in [4.78, 5) is 41.4. The molecular weight excluding hydrogens is 382 g/mol. The highest BCUT2D eigenvalue weighted by Gasteiger charge is 2.46. The summed E-state index contributed by atoms with van der Waals surface area (Å²) in [6.45, 7) is 6.80. The Morgan fingerprint density at radius 1 is 1.07 bits per heavy atom. The Morgan fingerprint density at radius 2 is 1.73 bits per heavy atom. The number of benzene rings is 2. The zero-order valence-corrected chi connectivity index (χ0v) is 17.5. The van der Waals surface area contributed by atoms with Gasteiger partial charge in [0.25, 0.3) is 5.91 Å². The highest BCUT2D eigenvalue weighted by molar-refractivity contribution is 6.22. The van der Waals surface area contributed by atoms with Crippen molar-refractivity contribution in [2.45, 2.75) is 33.2 Å². The zero-order chi connectivity index (χ0) is 21.7. The third kappa shape index (κ3) is 4.79. The summed E-state index contributed by atoms with van der Waals surface area (Å²) in [5, 5.41) is 2.80. The molecular formula is C23H27N3O4. The van der Waals surface area contributed by atoms with Gasteiger partial charge >= 0.3 is 6.03 Å². The van der Waals surface area contributed by atoms with Crippen molar-refractivity contribution in [3.8, 4) is 5.75 Å². The Hall–Kier alpha value is -3.35. The van der Waals surface area contributed by atoms with E-state index in [2.05, 4.69) is 5.32 Å². The molecule has 1 aliphatic rings. The summed E-state index contributed by atoms with van der Waals surface area (Å²) in [5.74, 6) is 0.172. The number of hydrogen-bond acceptors (Lipinski definition) is 4. The van der Waals surface area contributed by atoms with E-state index < -0.39 is 12.1 Å². The first kappa shape index (κ1) is 21.4. The van der Waals surface area contributed by atoms with Crippen LogP contribution < -0.4 is 15.0 Å². The number of carbonyl (C=O) groups excluding carboxylic acids is 3. The van der Waals surface area contributed by atoms with Gasteiger partial charge in [0.15, 0.2) is 0 Å². The summed E-state index contributed by atoms with van der Waals surface area (Å²) in [6.07, 6.45) is -0.103. The van der Waals surface area contributed by atoms with Gasteiger partial charge in [-0.3, -0.25) is 9.59 Å². The van der Waals surface area contributed by atoms with Gasteiger partial charge in [-0.15, -0.1) is 0 Å². The number of hydrogen-bond donors (Lipinski definition) is 1. The summed E-state index contributed by atoms with van der Waals surface area (Å²) < 4.78 is 5.40. The molecule has 1 atom stereocenters. The van der Waals surface area contributed by atoms with Crippen molar-refractivity contribution >= 4 is 29.2 Å². The highest BCUT2D eigenvalue weighted by Crippen LogP contribution is 2.28. The molecule has 0 radical (unpaired) electrons. The van der Waals surface area contributed by atoms with Gasteiger partial charge in [-0.25, -0.2) is 9.69 Å². The molecule has 1 N–H and O–H groups in total. The first-order valence-corrected chi connectivity index (χ1v) is 10.1. The molecule has 0 aromatic heterocycles. The molecule has 7 nitrogen and oxygen atoms in total. The lowest BCUT2D eigenvalue weighted by molar-refractivity contribution is -0.124. The molecule has 1 saturated heterocycles. The lowest BCUT2D eigenvalue weighted by atomic mass is 10.1. The molecule has 0 saturated carbocycles. The standard InChI is InChI=1S/C23H27N3O4/c1-4-30-19-12-10-17(11-13-19)24-21(27)14-20-22(28)26(18-8-6-5-7-9-18)23(29)25(20)15-16(2)3/h5-13,16,20H,4,14-15H2,1-3H3,(H,24,27)/t20-/m1/s1. The van der Waals surface area contributed by atoms with Gasteiger partial charge < -0.3 is 15.0 Å². The predicted molar refractivity (Wildman–Crippen MR) is 116 cm³/mol. The van der Waals surface area contributed by atoms with Crippen LogP contribution in [0.1, 0.15) is 27.2 Å². The van der Waals surface area contributed by atoms with E-state index in [0.29, 0.717) is 30.3 Å². The number of imide groups is 1. The second kappa shape index (κ2) is 9.43. The van der Waals surface area contributed by atoms with Crippen LogP contribution in [0.3, 0.4) is 0 Å². The molecule has 0 unspecified atom stereocenters. The number of nitrogens with one attached hydrogen (secondary N) is 1. The third-order valence-electron chi connectivity index (χ3n) is 4.72. The van der Waals surface area contributed by atoms with Crippen molar-refractivity contribution in [2.24, 2.45) is 5.92 Å². The van der Waals surface area contributed by atoms with Gasteiger partial charge in [0.2, 0.25) is 5.91 Å². The predicted octanol–water partition coefficient (Wildman–Crippen LogP) is 3.91. The molecule has 1 heterocycles. The van der Waals surface area contributed by atoms with Crippen LogP contribution in [0.25, 0.3) is 0 Å². The number of rotatable bonds is 8. The van der Waals surface area contributed by atoms with E-state index in [-0.39, 0.29) is 24.2 Å². The fourth-order valence-corrected chi connectivity index (χ4v) is 3.44. The number of anilines is 2. The van der Waals surface area contributed by atoms with Gasteiger partial charge in [0, 0.05) is 12.2 Å². The first-order chi connectivity index (χ1) is 14.4. The lowest BCUT2D eigenvalue weighted by Gasteiger charge is -2.23. The minimum absolute atomic E-state index is 0.103. The molecule has 158 valence electrons. The maximum absolute atomic E-state index is 13.1. The molecule has 0 aliphatic carbocycles. The Balaban J connectivity index is 1.75. The van der Waals surface area contributed by atoms with Gasteiger partial charge in [-0.2, -0.15) is 0 Å². The Labute approximate surface area is 176 Å². The fraction of sp³-hybridized carbons (Fsp3) is 0.348. The maximum atomic E-state index is 13.1. The Kier molecular flexibility index (Phi) is 6.72. The van der Waals surface area contributed by atoms with Crippen LogP contribution in [0.15, 0.2) is 54.6 Å². The van der Waals surface area contributed by atoms with Crippen molar-refractivity contribution in [2.75, 3.05) is 23.4 Å². The Bertz CT molecular complexity index is 896. The van der Waals surface area contributed by atoms with Crippen molar-refractivity contribution in [3.63, 3.8) is 0 Å². The fourth-order valence-electron chi connectivity index (χ4n) is 3.44. The van der Waals surface area contributed by atoms with E-state index in [9.17, 15) is 14.4 Å². The van der Waals surface area contributed by atoms with Gasteiger partial charge in [0.1, 0.15) is 11.8 Å². The monoisotopic (exact) mass is 409 g/mol.